The lowest BCUT2D eigenvalue weighted by atomic mass is 10.0. The third kappa shape index (κ3) is 4.56. The molecule has 0 aliphatic rings. The van der Waals surface area contributed by atoms with Crippen LogP contribution in [-0.4, -0.2) is 18.1 Å². The Morgan fingerprint density at radius 3 is 2.58 bits per heavy atom. The van der Waals surface area contributed by atoms with E-state index in [0.717, 1.165) is 12.0 Å². The lowest BCUT2D eigenvalue weighted by Crippen LogP contribution is -2.31. The average molecular weight is 305 g/mol. The van der Waals surface area contributed by atoms with Crippen LogP contribution in [-0.2, 0) is 11.2 Å². The molecule has 19 heavy (non-hydrogen) atoms. The van der Waals surface area contributed by atoms with Crippen molar-refractivity contribution in [1.29, 1.82) is 0 Å². The molecule has 0 spiro atoms. The molecule has 1 aromatic rings. The lowest BCUT2D eigenvalue weighted by molar-refractivity contribution is -0.123. The van der Waals surface area contributed by atoms with Gasteiger partial charge in [0.25, 0.3) is 5.91 Å². The van der Waals surface area contributed by atoms with Gasteiger partial charge in [-0.25, -0.2) is 0 Å². The van der Waals surface area contributed by atoms with Crippen LogP contribution < -0.4 is 16.2 Å². The van der Waals surface area contributed by atoms with Crippen LogP contribution in [0.25, 0.3) is 0 Å². The summed E-state index contributed by atoms with van der Waals surface area (Å²) in [6, 6.07) is 3.28. The average Bonchev–Trinajstić information content (AvgIpc) is 2.32. The number of carbonyl (C=O) groups is 1. The zero-order chi connectivity index (χ0) is 14.6. The Hall–Kier alpha value is -0.970. The van der Waals surface area contributed by atoms with E-state index >= 15 is 0 Å². The summed E-state index contributed by atoms with van der Waals surface area (Å²) < 4.78 is 5.52. The molecule has 0 saturated carbocycles. The van der Waals surface area contributed by atoms with Crippen molar-refractivity contribution in [2.75, 3.05) is 0 Å². The summed E-state index contributed by atoms with van der Waals surface area (Å²) in [6.07, 6.45) is 0.613. The Labute approximate surface area is 123 Å². The summed E-state index contributed by atoms with van der Waals surface area (Å²) in [5.74, 6) is -0.141. The molecule has 106 valence electrons. The smallest absolute Gasteiger partial charge is 0.258 e. The minimum absolute atomic E-state index is 0.0271. The van der Waals surface area contributed by atoms with E-state index in [9.17, 15) is 4.79 Å². The molecule has 0 bridgehead atoms. The summed E-state index contributed by atoms with van der Waals surface area (Å²) in [4.78, 5) is 11.1. The Bertz CT molecular complexity index is 466. The van der Waals surface area contributed by atoms with Gasteiger partial charge >= 0.3 is 0 Å². The summed E-state index contributed by atoms with van der Waals surface area (Å²) in [6.45, 7) is 3.56. The maximum absolute atomic E-state index is 11.1. The fraction of sp³-hybridized carbons (Fsp3) is 0.462. The number of rotatable bonds is 6. The number of hydrogen-bond donors (Lipinski definition) is 2. The van der Waals surface area contributed by atoms with Gasteiger partial charge in [-0.3, -0.25) is 4.79 Å². The first-order valence-corrected chi connectivity index (χ1v) is 6.80. The second-order valence-corrected chi connectivity index (χ2v) is 5.25. The zero-order valence-corrected chi connectivity index (χ0v) is 12.5. The van der Waals surface area contributed by atoms with Crippen molar-refractivity contribution >= 4 is 29.1 Å². The van der Waals surface area contributed by atoms with E-state index in [1.165, 1.54) is 0 Å². The van der Waals surface area contributed by atoms with Crippen molar-refractivity contribution in [2.45, 2.75) is 38.8 Å². The van der Waals surface area contributed by atoms with Gasteiger partial charge < -0.3 is 16.2 Å². The Morgan fingerprint density at radius 1 is 1.42 bits per heavy atom. The van der Waals surface area contributed by atoms with E-state index < -0.39 is 12.0 Å². The van der Waals surface area contributed by atoms with E-state index in [0.29, 0.717) is 22.2 Å². The molecule has 0 heterocycles. The maximum Gasteiger partial charge on any atom is 0.258 e. The molecule has 1 amide bonds. The molecule has 4 N–H and O–H groups in total. The first-order chi connectivity index (χ1) is 8.85. The molecule has 2 atom stereocenters. The van der Waals surface area contributed by atoms with E-state index in [2.05, 4.69) is 0 Å². The fourth-order valence-corrected chi connectivity index (χ4v) is 2.14. The number of amides is 1. The normalized spacial score (nSPS) is 13.9. The van der Waals surface area contributed by atoms with Gasteiger partial charge in [0.15, 0.2) is 6.10 Å². The SMILES string of the molecule is CCC(N)Cc1cc(Cl)cc(Cl)c1OC(C)C(N)=O. The molecule has 6 heteroatoms. The zero-order valence-electron chi connectivity index (χ0n) is 11.0. The number of ether oxygens (including phenoxy) is 1. The van der Waals surface area contributed by atoms with Crippen LogP contribution in [0.1, 0.15) is 25.8 Å². The van der Waals surface area contributed by atoms with Crippen LogP contribution in [0.2, 0.25) is 10.0 Å². The summed E-state index contributed by atoms with van der Waals surface area (Å²) in [7, 11) is 0. The van der Waals surface area contributed by atoms with Crippen molar-refractivity contribution in [3.05, 3.63) is 27.7 Å². The molecule has 4 nitrogen and oxygen atoms in total. The van der Waals surface area contributed by atoms with Crippen LogP contribution >= 0.6 is 23.2 Å². The molecular formula is C13H18Cl2N2O2. The minimum atomic E-state index is -0.768. The molecule has 0 aliphatic heterocycles. The van der Waals surface area contributed by atoms with E-state index in [4.69, 9.17) is 39.4 Å². The first kappa shape index (κ1) is 16.1. The second-order valence-electron chi connectivity index (χ2n) is 4.41. The van der Waals surface area contributed by atoms with Crippen LogP contribution in [0.15, 0.2) is 12.1 Å². The third-order valence-corrected chi connectivity index (χ3v) is 3.29. The monoisotopic (exact) mass is 304 g/mol. The highest BCUT2D eigenvalue weighted by molar-refractivity contribution is 6.35. The molecule has 2 unspecified atom stereocenters. The molecule has 0 saturated heterocycles. The van der Waals surface area contributed by atoms with E-state index in [-0.39, 0.29) is 6.04 Å². The topological polar surface area (TPSA) is 78.3 Å². The highest BCUT2D eigenvalue weighted by Gasteiger charge is 2.18. The highest BCUT2D eigenvalue weighted by Crippen LogP contribution is 2.34. The van der Waals surface area contributed by atoms with Gasteiger partial charge in [0.05, 0.1) is 5.02 Å². The predicted molar refractivity (Wildman–Crippen MR) is 77.7 cm³/mol. The van der Waals surface area contributed by atoms with Crippen molar-refractivity contribution in [3.63, 3.8) is 0 Å². The van der Waals surface area contributed by atoms with Crippen LogP contribution in [0.5, 0.6) is 5.75 Å². The van der Waals surface area contributed by atoms with Gasteiger partial charge in [0, 0.05) is 11.1 Å². The van der Waals surface area contributed by atoms with Gasteiger partial charge in [0.2, 0.25) is 0 Å². The highest BCUT2D eigenvalue weighted by atomic mass is 35.5. The van der Waals surface area contributed by atoms with Crippen molar-refractivity contribution in [1.82, 2.24) is 0 Å². The number of hydrogen-bond acceptors (Lipinski definition) is 3. The standard InChI is InChI=1S/C13H18Cl2N2O2/c1-3-10(16)5-8-4-9(14)6-11(15)12(8)19-7(2)13(17)18/h4,6-7,10H,3,5,16H2,1-2H3,(H2,17,18). The Balaban J connectivity index is 3.09. The second kappa shape index (κ2) is 6.98. The number of benzene rings is 1. The number of halogens is 2. The quantitative estimate of drug-likeness (QED) is 0.847. The van der Waals surface area contributed by atoms with Gasteiger partial charge in [-0.05, 0) is 37.5 Å². The van der Waals surface area contributed by atoms with Crippen molar-refractivity contribution < 1.29 is 9.53 Å². The van der Waals surface area contributed by atoms with E-state index in [1.54, 1.807) is 19.1 Å². The molecule has 0 radical (unpaired) electrons. The molecule has 0 aromatic heterocycles. The van der Waals surface area contributed by atoms with Gasteiger partial charge in [-0.2, -0.15) is 0 Å². The third-order valence-electron chi connectivity index (χ3n) is 2.79. The predicted octanol–water partition coefficient (Wildman–Crippen LogP) is 2.53. The molecule has 0 aliphatic carbocycles. The molecular weight excluding hydrogens is 287 g/mol. The number of primary amides is 1. The first-order valence-electron chi connectivity index (χ1n) is 6.04. The Kier molecular flexibility index (Phi) is 5.91. The van der Waals surface area contributed by atoms with Gasteiger partial charge in [-0.1, -0.05) is 30.1 Å². The van der Waals surface area contributed by atoms with Crippen LogP contribution in [0.4, 0.5) is 0 Å². The molecule has 1 aromatic carbocycles. The van der Waals surface area contributed by atoms with Crippen LogP contribution in [0.3, 0.4) is 0 Å². The van der Waals surface area contributed by atoms with E-state index in [1.807, 2.05) is 6.92 Å². The maximum atomic E-state index is 11.1. The lowest BCUT2D eigenvalue weighted by Gasteiger charge is -2.18. The summed E-state index contributed by atoms with van der Waals surface area (Å²) >= 11 is 12.1. The fourth-order valence-electron chi connectivity index (χ4n) is 1.56. The molecule has 1 rings (SSSR count). The van der Waals surface area contributed by atoms with Gasteiger partial charge in [-0.15, -0.1) is 0 Å². The van der Waals surface area contributed by atoms with Gasteiger partial charge in [0.1, 0.15) is 5.75 Å². The summed E-state index contributed by atoms with van der Waals surface area (Å²) in [5, 5.41) is 0.848. The molecule has 0 fully saturated rings. The Morgan fingerprint density at radius 2 is 2.05 bits per heavy atom. The largest absolute Gasteiger partial charge is 0.479 e. The number of carbonyl (C=O) groups excluding carboxylic acids is 1. The van der Waals surface area contributed by atoms with Crippen molar-refractivity contribution in [3.8, 4) is 5.75 Å². The minimum Gasteiger partial charge on any atom is -0.479 e. The van der Waals surface area contributed by atoms with Crippen molar-refractivity contribution in [2.24, 2.45) is 11.5 Å². The number of nitrogens with two attached hydrogens (primary N) is 2. The van der Waals surface area contributed by atoms with Crippen LogP contribution in [0, 0.1) is 0 Å². The summed E-state index contributed by atoms with van der Waals surface area (Å²) in [5.41, 5.74) is 11.9.